The van der Waals surface area contributed by atoms with Crippen LogP contribution < -0.4 is 0 Å². The molecule has 0 aliphatic rings. The molecule has 0 saturated heterocycles. The number of aromatic nitrogens is 4. The molecule has 78 valence electrons. The second kappa shape index (κ2) is 4.10. The number of benzene rings is 1. The molecule has 0 aliphatic carbocycles. The Morgan fingerprint density at radius 2 is 1.93 bits per heavy atom. The summed E-state index contributed by atoms with van der Waals surface area (Å²) in [6, 6.07) is 8.06. The topological polar surface area (TPSA) is 43.6 Å². The molecule has 4 nitrogen and oxygen atoms in total. The van der Waals surface area contributed by atoms with E-state index in [1.807, 2.05) is 31.2 Å². The van der Waals surface area contributed by atoms with Crippen LogP contribution in [0.3, 0.4) is 0 Å². The van der Waals surface area contributed by atoms with Gasteiger partial charge in [-0.3, -0.25) is 0 Å². The van der Waals surface area contributed by atoms with Crippen molar-refractivity contribution in [3.8, 4) is 5.69 Å². The Kier molecular flexibility index (Phi) is 2.81. The Labute approximate surface area is 96.4 Å². The average Bonchev–Trinajstić information content (AvgIpc) is 2.65. The molecule has 1 atom stereocenters. The molecule has 2 aromatic rings. The molecule has 2 rings (SSSR count). The largest absolute Gasteiger partial charge is 0.172 e. The average molecular weight is 267 g/mol. The lowest BCUT2D eigenvalue weighted by Crippen LogP contribution is -1.99. The number of aryl methyl sites for hydroxylation is 1. The Hall–Kier alpha value is -1.23. The summed E-state index contributed by atoms with van der Waals surface area (Å²) in [6.45, 7) is 3.91. The third kappa shape index (κ3) is 2.23. The Bertz CT molecular complexity index is 447. The van der Waals surface area contributed by atoms with Crippen molar-refractivity contribution in [3.05, 3.63) is 35.7 Å². The summed E-state index contributed by atoms with van der Waals surface area (Å²) in [7, 11) is 0. The van der Waals surface area contributed by atoms with Crippen molar-refractivity contribution in [3.63, 3.8) is 0 Å². The lowest BCUT2D eigenvalue weighted by atomic mass is 10.1. The second-order valence-corrected chi connectivity index (χ2v) is 4.71. The normalized spacial score (nSPS) is 12.7. The summed E-state index contributed by atoms with van der Waals surface area (Å²) < 4.78 is 0. The number of hydrogen-bond donors (Lipinski definition) is 0. The molecule has 5 heteroatoms. The van der Waals surface area contributed by atoms with Crippen molar-refractivity contribution in [1.29, 1.82) is 0 Å². The van der Waals surface area contributed by atoms with Gasteiger partial charge in [-0.1, -0.05) is 28.1 Å². The molecule has 0 bridgehead atoms. The highest BCUT2D eigenvalue weighted by molar-refractivity contribution is 9.09. The summed E-state index contributed by atoms with van der Waals surface area (Å²) in [6.07, 6.45) is 0. The van der Waals surface area contributed by atoms with Gasteiger partial charge in [0, 0.05) is 4.83 Å². The molecule has 1 aromatic carbocycles. The standard InChI is InChI=1S/C10H11BrN4/c1-7(11)9-3-5-10(6-4-9)15-13-8(2)12-14-15/h3-7H,1-2H3. The van der Waals surface area contributed by atoms with Crippen molar-refractivity contribution in [1.82, 2.24) is 20.2 Å². The third-order valence-electron chi connectivity index (χ3n) is 2.10. The number of hydrogen-bond acceptors (Lipinski definition) is 3. The highest BCUT2D eigenvalue weighted by Gasteiger charge is 2.03. The molecule has 0 aliphatic heterocycles. The van der Waals surface area contributed by atoms with Gasteiger partial charge in [0.1, 0.15) is 0 Å². The van der Waals surface area contributed by atoms with Crippen molar-refractivity contribution in [2.75, 3.05) is 0 Å². The first-order valence-electron chi connectivity index (χ1n) is 4.68. The fraction of sp³-hybridized carbons (Fsp3) is 0.300. The van der Waals surface area contributed by atoms with Crippen LogP contribution in [0.4, 0.5) is 0 Å². The van der Waals surface area contributed by atoms with Gasteiger partial charge in [0.05, 0.1) is 5.69 Å². The SMILES string of the molecule is Cc1nnn(-c2ccc(C(C)Br)cc2)n1. The van der Waals surface area contributed by atoms with Gasteiger partial charge in [0.2, 0.25) is 0 Å². The van der Waals surface area contributed by atoms with Crippen LogP contribution in [0, 0.1) is 6.92 Å². The van der Waals surface area contributed by atoms with Gasteiger partial charge in [-0.05, 0) is 36.8 Å². The van der Waals surface area contributed by atoms with Crippen LogP contribution in [-0.2, 0) is 0 Å². The zero-order valence-corrected chi connectivity index (χ0v) is 10.1. The van der Waals surface area contributed by atoms with Crippen LogP contribution in [0.25, 0.3) is 5.69 Å². The van der Waals surface area contributed by atoms with E-state index >= 15 is 0 Å². The van der Waals surface area contributed by atoms with Crippen LogP contribution >= 0.6 is 15.9 Å². The van der Waals surface area contributed by atoms with E-state index in [0.717, 1.165) is 5.69 Å². The highest BCUT2D eigenvalue weighted by Crippen LogP contribution is 2.22. The van der Waals surface area contributed by atoms with Gasteiger partial charge in [-0.2, -0.15) is 0 Å². The van der Waals surface area contributed by atoms with Crippen molar-refractivity contribution < 1.29 is 0 Å². The number of tetrazole rings is 1. The van der Waals surface area contributed by atoms with Crippen LogP contribution in [0.1, 0.15) is 23.1 Å². The van der Waals surface area contributed by atoms with E-state index in [-0.39, 0.29) is 0 Å². The predicted molar refractivity (Wildman–Crippen MR) is 61.2 cm³/mol. The second-order valence-electron chi connectivity index (χ2n) is 3.33. The van der Waals surface area contributed by atoms with Crippen molar-refractivity contribution in [2.24, 2.45) is 0 Å². The van der Waals surface area contributed by atoms with E-state index in [4.69, 9.17) is 0 Å². The molecule has 0 N–H and O–H groups in total. The minimum Gasteiger partial charge on any atom is -0.132 e. The fourth-order valence-corrected chi connectivity index (χ4v) is 1.57. The van der Waals surface area contributed by atoms with Crippen molar-refractivity contribution in [2.45, 2.75) is 18.7 Å². The zero-order valence-electron chi connectivity index (χ0n) is 8.55. The minimum atomic E-state index is 0.358. The molecule has 15 heavy (non-hydrogen) atoms. The molecule has 0 saturated carbocycles. The zero-order chi connectivity index (χ0) is 10.8. The maximum Gasteiger partial charge on any atom is 0.172 e. The maximum atomic E-state index is 4.14. The molecule has 0 spiro atoms. The lowest BCUT2D eigenvalue weighted by molar-refractivity contribution is 0.718. The summed E-state index contributed by atoms with van der Waals surface area (Å²) in [5.74, 6) is 0.674. The first-order chi connectivity index (χ1) is 7.16. The van der Waals surface area contributed by atoms with Gasteiger partial charge < -0.3 is 0 Å². The van der Waals surface area contributed by atoms with Crippen LogP contribution in [0.15, 0.2) is 24.3 Å². The summed E-state index contributed by atoms with van der Waals surface area (Å²) in [5.41, 5.74) is 2.16. The minimum absolute atomic E-state index is 0.358. The van der Waals surface area contributed by atoms with Crippen LogP contribution in [0.2, 0.25) is 0 Å². The van der Waals surface area contributed by atoms with E-state index < -0.39 is 0 Å². The quantitative estimate of drug-likeness (QED) is 0.785. The first-order valence-corrected chi connectivity index (χ1v) is 5.59. The molecule has 1 aromatic heterocycles. The molecule has 0 amide bonds. The molecular formula is C10H11BrN4. The smallest absolute Gasteiger partial charge is 0.132 e. The van der Waals surface area contributed by atoms with E-state index in [9.17, 15) is 0 Å². The van der Waals surface area contributed by atoms with Gasteiger partial charge in [-0.15, -0.1) is 15.0 Å². The fourth-order valence-electron chi connectivity index (χ4n) is 1.27. The number of rotatable bonds is 2. The summed E-state index contributed by atoms with van der Waals surface area (Å²) in [5, 5.41) is 11.9. The van der Waals surface area contributed by atoms with Crippen molar-refractivity contribution >= 4 is 15.9 Å². The van der Waals surface area contributed by atoms with Crippen LogP contribution in [0.5, 0.6) is 0 Å². The Morgan fingerprint density at radius 3 is 2.40 bits per heavy atom. The monoisotopic (exact) mass is 266 g/mol. The molecular weight excluding hydrogens is 256 g/mol. The third-order valence-corrected chi connectivity index (χ3v) is 2.63. The Balaban J connectivity index is 2.31. The van der Waals surface area contributed by atoms with Gasteiger partial charge in [0.15, 0.2) is 5.82 Å². The predicted octanol–water partition coefficient (Wildman–Crippen LogP) is 2.43. The van der Waals surface area contributed by atoms with E-state index in [1.54, 1.807) is 0 Å². The Morgan fingerprint density at radius 1 is 1.27 bits per heavy atom. The lowest BCUT2D eigenvalue weighted by Gasteiger charge is -2.04. The van der Waals surface area contributed by atoms with Gasteiger partial charge in [0.25, 0.3) is 0 Å². The number of halogens is 1. The van der Waals surface area contributed by atoms with Gasteiger partial charge >= 0.3 is 0 Å². The molecule has 1 unspecified atom stereocenters. The number of nitrogens with zero attached hydrogens (tertiary/aromatic N) is 4. The van der Waals surface area contributed by atoms with E-state index in [2.05, 4.69) is 38.3 Å². The van der Waals surface area contributed by atoms with E-state index in [0.29, 0.717) is 10.7 Å². The summed E-state index contributed by atoms with van der Waals surface area (Å²) in [4.78, 5) is 1.88. The molecule has 0 fully saturated rings. The summed E-state index contributed by atoms with van der Waals surface area (Å²) >= 11 is 3.52. The van der Waals surface area contributed by atoms with E-state index in [1.165, 1.54) is 10.4 Å². The van der Waals surface area contributed by atoms with Crippen LogP contribution in [-0.4, -0.2) is 20.2 Å². The number of alkyl halides is 1. The maximum absolute atomic E-state index is 4.14. The van der Waals surface area contributed by atoms with Gasteiger partial charge in [-0.25, -0.2) is 0 Å². The highest BCUT2D eigenvalue weighted by atomic mass is 79.9. The molecule has 1 heterocycles. The molecule has 0 radical (unpaired) electrons. The first kappa shape index (κ1) is 10.3.